The third-order valence-electron chi connectivity index (χ3n) is 3.41. The van der Waals surface area contributed by atoms with Crippen LogP contribution in [0.1, 0.15) is 18.9 Å². The predicted molar refractivity (Wildman–Crippen MR) is 67.6 cm³/mol. The first-order chi connectivity index (χ1) is 8.11. The van der Waals surface area contributed by atoms with Crippen LogP contribution in [0.3, 0.4) is 0 Å². The minimum absolute atomic E-state index is 0.291. The summed E-state index contributed by atoms with van der Waals surface area (Å²) in [6, 6.07) is 7.43. The molecule has 0 saturated carbocycles. The molecule has 1 aliphatic heterocycles. The van der Waals surface area contributed by atoms with Gasteiger partial charge in [-0.3, -0.25) is 0 Å². The summed E-state index contributed by atoms with van der Waals surface area (Å²) in [5, 5.41) is 18.5. The van der Waals surface area contributed by atoms with Gasteiger partial charge in [0, 0.05) is 19.0 Å². The predicted octanol–water partition coefficient (Wildman–Crippen LogP) is 1.35. The van der Waals surface area contributed by atoms with E-state index in [-0.39, 0.29) is 6.10 Å². The first kappa shape index (κ1) is 11.7. The SMILES string of the molecule is CC(O)C1CCN(c2cc(C#N)ccc2N)C1. The third kappa shape index (κ3) is 2.34. The van der Waals surface area contributed by atoms with Gasteiger partial charge in [0.1, 0.15) is 0 Å². The van der Waals surface area contributed by atoms with Gasteiger partial charge in [-0.15, -0.1) is 0 Å². The number of hydrogen-bond acceptors (Lipinski definition) is 4. The summed E-state index contributed by atoms with van der Waals surface area (Å²) in [5.74, 6) is 0.292. The third-order valence-corrected chi connectivity index (χ3v) is 3.41. The van der Waals surface area contributed by atoms with E-state index in [0.717, 1.165) is 25.2 Å². The molecule has 1 saturated heterocycles. The van der Waals surface area contributed by atoms with Crippen LogP contribution in [0.25, 0.3) is 0 Å². The maximum Gasteiger partial charge on any atom is 0.0992 e. The van der Waals surface area contributed by atoms with Gasteiger partial charge in [-0.05, 0) is 31.5 Å². The summed E-state index contributed by atoms with van der Waals surface area (Å²) < 4.78 is 0. The summed E-state index contributed by atoms with van der Waals surface area (Å²) in [6.45, 7) is 3.51. The first-order valence-electron chi connectivity index (χ1n) is 5.84. The normalized spacial score (nSPS) is 21.2. The average Bonchev–Trinajstić information content (AvgIpc) is 2.79. The lowest BCUT2D eigenvalue weighted by Crippen LogP contribution is -2.24. The minimum Gasteiger partial charge on any atom is -0.397 e. The number of nitrogen functional groups attached to an aromatic ring is 1. The topological polar surface area (TPSA) is 73.3 Å². The zero-order chi connectivity index (χ0) is 12.4. The van der Waals surface area contributed by atoms with Crippen molar-refractivity contribution in [2.24, 2.45) is 5.92 Å². The number of nitriles is 1. The molecule has 0 radical (unpaired) electrons. The summed E-state index contributed by atoms with van der Waals surface area (Å²) >= 11 is 0. The Bertz CT molecular complexity index is 450. The number of benzene rings is 1. The van der Waals surface area contributed by atoms with E-state index in [4.69, 9.17) is 11.0 Å². The summed E-state index contributed by atoms with van der Waals surface area (Å²) in [5.41, 5.74) is 8.15. The van der Waals surface area contributed by atoms with Crippen LogP contribution in [0, 0.1) is 17.2 Å². The Hall–Kier alpha value is -1.73. The van der Waals surface area contributed by atoms with Gasteiger partial charge in [-0.25, -0.2) is 0 Å². The molecule has 1 aromatic rings. The number of hydrogen-bond donors (Lipinski definition) is 2. The fourth-order valence-electron chi connectivity index (χ4n) is 2.29. The zero-order valence-corrected chi connectivity index (χ0v) is 9.93. The van der Waals surface area contributed by atoms with Crippen molar-refractivity contribution in [1.82, 2.24) is 0 Å². The second kappa shape index (κ2) is 4.64. The second-order valence-corrected chi connectivity index (χ2v) is 4.62. The highest BCUT2D eigenvalue weighted by Crippen LogP contribution is 2.30. The van der Waals surface area contributed by atoms with Gasteiger partial charge in [0.25, 0.3) is 0 Å². The average molecular weight is 231 g/mol. The van der Waals surface area contributed by atoms with Gasteiger partial charge < -0.3 is 15.7 Å². The molecule has 1 aromatic carbocycles. The van der Waals surface area contributed by atoms with E-state index >= 15 is 0 Å². The number of nitrogens with zero attached hydrogens (tertiary/aromatic N) is 2. The molecule has 0 spiro atoms. The van der Waals surface area contributed by atoms with Crippen LogP contribution in [0.2, 0.25) is 0 Å². The van der Waals surface area contributed by atoms with Crippen LogP contribution in [-0.2, 0) is 0 Å². The number of rotatable bonds is 2. The Kier molecular flexibility index (Phi) is 3.21. The Morgan fingerprint density at radius 3 is 2.94 bits per heavy atom. The van der Waals surface area contributed by atoms with Gasteiger partial charge in [0.2, 0.25) is 0 Å². The molecule has 1 fully saturated rings. The number of anilines is 2. The van der Waals surface area contributed by atoms with Crippen molar-refractivity contribution in [3.05, 3.63) is 23.8 Å². The maximum absolute atomic E-state index is 9.58. The zero-order valence-electron chi connectivity index (χ0n) is 9.93. The fourth-order valence-corrected chi connectivity index (χ4v) is 2.29. The van der Waals surface area contributed by atoms with E-state index in [2.05, 4.69) is 11.0 Å². The molecule has 4 nitrogen and oxygen atoms in total. The van der Waals surface area contributed by atoms with E-state index in [9.17, 15) is 5.11 Å². The van der Waals surface area contributed by atoms with Crippen molar-refractivity contribution in [3.8, 4) is 6.07 Å². The van der Waals surface area contributed by atoms with Gasteiger partial charge in [0.05, 0.1) is 29.1 Å². The quantitative estimate of drug-likeness (QED) is 0.753. The van der Waals surface area contributed by atoms with Crippen LogP contribution in [0.5, 0.6) is 0 Å². The summed E-state index contributed by atoms with van der Waals surface area (Å²) in [7, 11) is 0. The standard InChI is InChI=1S/C13H17N3O/c1-9(17)11-4-5-16(8-11)13-6-10(7-14)2-3-12(13)15/h2-3,6,9,11,17H,4-5,8,15H2,1H3. The molecule has 0 bridgehead atoms. The molecule has 17 heavy (non-hydrogen) atoms. The smallest absolute Gasteiger partial charge is 0.0992 e. The van der Waals surface area contributed by atoms with Crippen LogP contribution in [0.15, 0.2) is 18.2 Å². The number of aliphatic hydroxyl groups is 1. The highest BCUT2D eigenvalue weighted by Gasteiger charge is 2.27. The molecular formula is C13H17N3O. The van der Waals surface area contributed by atoms with E-state index in [1.807, 2.05) is 13.0 Å². The van der Waals surface area contributed by atoms with Gasteiger partial charge in [0.15, 0.2) is 0 Å². The van der Waals surface area contributed by atoms with Crippen molar-refractivity contribution < 1.29 is 5.11 Å². The van der Waals surface area contributed by atoms with Crippen LogP contribution >= 0.6 is 0 Å². The highest BCUT2D eigenvalue weighted by atomic mass is 16.3. The molecule has 0 amide bonds. The van der Waals surface area contributed by atoms with E-state index in [0.29, 0.717) is 17.2 Å². The Morgan fingerprint density at radius 2 is 2.35 bits per heavy atom. The molecule has 2 unspecified atom stereocenters. The molecule has 1 heterocycles. The maximum atomic E-state index is 9.58. The lowest BCUT2D eigenvalue weighted by atomic mass is 10.0. The van der Waals surface area contributed by atoms with Crippen LogP contribution < -0.4 is 10.6 Å². The van der Waals surface area contributed by atoms with E-state index in [1.165, 1.54) is 0 Å². The molecule has 90 valence electrons. The molecule has 4 heteroatoms. The lowest BCUT2D eigenvalue weighted by molar-refractivity contribution is 0.136. The summed E-state index contributed by atoms with van der Waals surface area (Å²) in [6.07, 6.45) is 0.675. The van der Waals surface area contributed by atoms with Crippen molar-refractivity contribution in [2.45, 2.75) is 19.4 Å². The Labute approximate surface area is 101 Å². The van der Waals surface area contributed by atoms with Gasteiger partial charge in [-0.1, -0.05) is 0 Å². The molecule has 2 rings (SSSR count). The molecule has 0 aromatic heterocycles. The highest BCUT2D eigenvalue weighted by molar-refractivity contribution is 5.70. The molecule has 1 aliphatic rings. The first-order valence-corrected chi connectivity index (χ1v) is 5.84. The molecule has 0 aliphatic carbocycles. The van der Waals surface area contributed by atoms with Crippen LogP contribution in [-0.4, -0.2) is 24.3 Å². The minimum atomic E-state index is -0.291. The largest absolute Gasteiger partial charge is 0.397 e. The van der Waals surface area contributed by atoms with E-state index < -0.39 is 0 Å². The molecule has 2 atom stereocenters. The lowest BCUT2D eigenvalue weighted by Gasteiger charge is -2.21. The van der Waals surface area contributed by atoms with Crippen molar-refractivity contribution >= 4 is 11.4 Å². The van der Waals surface area contributed by atoms with Gasteiger partial charge in [-0.2, -0.15) is 5.26 Å². The molecule has 3 N–H and O–H groups in total. The van der Waals surface area contributed by atoms with Gasteiger partial charge >= 0.3 is 0 Å². The van der Waals surface area contributed by atoms with E-state index in [1.54, 1.807) is 12.1 Å². The Balaban J connectivity index is 2.21. The van der Waals surface area contributed by atoms with Crippen molar-refractivity contribution in [3.63, 3.8) is 0 Å². The monoisotopic (exact) mass is 231 g/mol. The number of nitrogens with two attached hydrogens (primary N) is 1. The molecular weight excluding hydrogens is 214 g/mol. The fraction of sp³-hybridized carbons (Fsp3) is 0.462. The number of aliphatic hydroxyl groups excluding tert-OH is 1. The van der Waals surface area contributed by atoms with Crippen LogP contribution in [0.4, 0.5) is 11.4 Å². The Morgan fingerprint density at radius 1 is 1.59 bits per heavy atom. The van der Waals surface area contributed by atoms with Crippen molar-refractivity contribution in [1.29, 1.82) is 5.26 Å². The van der Waals surface area contributed by atoms with Crippen molar-refractivity contribution in [2.75, 3.05) is 23.7 Å². The second-order valence-electron chi connectivity index (χ2n) is 4.62. The summed E-state index contributed by atoms with van der Waals surface area (Å²) in [4.78, 5) is 2.15.